The molecule has 0 bridgehead atoms. The third kappa shape index (κ3) is 2.98. The number of carboxylic acid groups (broad SMARTS) is 1. The van der Waals surface area contributed by atoms with Crippen LogP contribution in [0.2, 0.25) is 5.02 Å². The first kappa shape index (κ1) is 19.0. The van der Waals surface area contributed by atoms with Gasteiger partial charge in [0.2, 0.25) is 0 Å². The molecular formula is C21H20ClNO4. The van der Waals surface area contributed by atoms with Crippen LogP contribution >= 0.6 is 11.6 Å². The number of nitrogens with zero attached hydrogens (tertiary/aromatic N) is 1. The Hall–Kier alpha value is -2.79. The van der Waals surface area contributed by atoms with Gasteiger partial charge in [-0.1, -0.05) is 24.6 Å². The van der Waals surface area contributed by atoms with Crippen LogP contribution in [0.25, 0.3) is 10.9 Å². The van der Waals surface area contributed by atoms with Crippen molar-refractivity contribution in [3.8, 4) is 5.75 Å². The summed E-state index contributed by atoms with van der Waals surface area (Å²) in [5.41, 5.74) is 0.809. The molecule has 0 aliphatic heterocycles. The molecule has 5 nitrogen and oxygen atoms in total. The van der Waals surface area contributed by atoms with Crippen LogP contribution in [0.15, 0.2) is 42.5 Å². The summed E-state index contributed by atoms with van der Waals surface area (Å²) in [6.07, 6.45) is 0.337. The second-order valence-electron chi connectivity index (χ2n) is 6.80. The second-order valence-corrected chi connectivity index (χ2v) is 7.24. The Morgan fingerprint density at radius 3 is 2.48 bits per heavy atom. The minimum absolute atomic E-state index is 0.0138. The molecule has 0 fully saturated rings. The number of hydrogen-bond donors (Lipinski definition) is 2. The first-order valence-electron chi connectivity index (χ1n) is 8.59. The van der Waals surface area contributed by atoms with Crippen LogP contribution in [0.4, 0.5) is 0 Å². The number of phenols is 1. The maximum atomic E-state index is 13.2. The van der Waals surface area contributed by atoms with Gasteiger partial charge in [-0.3, -0.25) is 14.2 Å². The summed E-state index contributed by atoms with van der Waals surface area (Å²) >= 11 is 6.02. The number of carboxylic acids is 1. The molecule has 0 saturated heterocycles. The normalized spacial score (nSPS) is 13.5. The van der Waals surface area contributed by atoms with Crippen molar-refractivity contribution < 1.29 is 19.8 Å². The number of halogens is 1. The molecule has 2 N–H and O–H groups in total. The summed E-state index contributed by atoms with van der Waals surface area (Å²) < 4.78 is 1.49. The van der Waals surface area contributed by atoms with Gasteiger partial charge in [0.1, 0.15) is 5.75 Å². The molecule has 3 aromatic rings. The fraction of sp³-hybridized carbons (Fsp3) is 0.238. The van der Waals surface area contributed by atoms with Crippen LogP contribution in [0.5, 0.6) is 5.75 Å². The number of aromatic hydroxyl groups is 1. The molecule has 3 rings (SSSR count). The maximum absolute atomic E-state index is 13.2. The average molecular weight is 386 g/mol. The Kier molecular flexibility index (Phi) is 4.74. The molecular weight excluding hydrogens is 366 g/mol. The van der Waals surface area contributed by atoms with Gasteiger partial charge < -0.3 is 10.2 Å². The molecule has 27 heavy (non-hydrogen) atoms. The van der Waals surface area contributed by atoms with Gasteiger partial charge in [0.25, 0.3) is 5.91 Å². The molecule has 2 aromatic carbocycles. The van der Waals surface area contributed by atoms with E-state index in [1.807, 2.05) is 0 Å². The fourth-order valence-corrected chi connectivity index (χ4v) is 3.74. The molecule has 0 spiro atoms. The van der Waals surface area contributed by atoms with E-state index < -0.39 is 11.4 Å². The molecule has 0 unspecified atom stereocenters. The fourth-order valence-electron chi connectivity index (χ4n) is 3.55. The molecule has 6 heteroatoms. The minimum atomic E-state index is -1.20. The van der Waals surface area contributed by atoms with Crippen molar-refractivity contribution in [3.05, 3.63) is 64.3 Å². The van der Waals surface area contributed by atoms with Crippen molar-refractivity contribution in [2.75, 3.05) is 0 Å². The lowest BCUT2D eigenvalue weighted by molar-refractivity contribution is -0.143. The van der Waals surface area contributed by atoms with Crippen LogP contribution in [-0.2, 0) is 10.2 Å². The van der Waals surface area contributed by atoms with Crippen molar-refractivity contribution in [1.29, 1.82) is 0 Å². The number of carbonyl (C=O) groups is 2. The molecule has 0 amide bonds. The Labute approximate surface area is 161 Å². The maximum Gasteiger partial charge on any atom is 0.313 e. The van der Waals surface area contributed by atoms with E-state index in [0.29, 0.717) is 39.2 Å². The number of carbonyl (C=O) groups excluding carboxylic acids is 1. The number of hydrogen-bond acceptors (Lipinski definition) is 3. The summed E-state index contributed by atoms with van der Waals surface area (Å²) in [5.74, 6) is -1.27. The summed E-state index contributed by atoms with van der Waals surface area (Å²) in [7, 11) is 0. The summed E-state index contributed by atoms with van der Waals surface area (Å²) in [6.45, 7) is 5.15. The molecule has 1 heterocycles. The average Bonchev–Trinajstić information content (AvgIpc) is 2.91. The Balaban J connectivity index is 2.37. The van der Waals surface area contributed by atoms with E-state index in [-0.39, 0.29) is 11.7 Å². The lowest BCUT2D eigenvalue weighted by Gasteiger charge is -2.24. The molecule has 1 aromatic heterocycles. The zero-order valence-corrected chi connectivity index (χ0v) is 16.0. The highest BCUT2D eigenvalue weighted by Crippen LogP contribution is 2.39. The summed E-state index contributed by atoms with van der Waals surface area (Å²) in [5, 5.41) is 20.8. The number of fused-ring (bicyclic) bond motifs is 1. The van der Waals surface area contributed by atoms with Gasteiger partial charge >= 0.3 is 5.97 Å². The summed E-state index contributed by atoms with van der Waals surface area (Å²) in [6, 6.07) is 11.2. The van der Waals surface area contributed by atoms with Crippen LogP contribution in [0.1, 0.15) is 41.9 Å². The van der Waals surface area contributed by atoms with Crippen molar-refractivity contribution >= 4 is 34.4 Å². The first-order valence-corrected chi connectivity index (χ1v) is 8.96. The predicted octanol–water partition coefficient (Wildman–Crippen LogP) is 4.75. The number of benzene rings is 2. The number of aliphatic carboxylic acids is 1. The molecule has 1 atom stereocenters. The monoisotopic (exact) mass is 385 g/mol. The molecule has 140 valence electrons. The largest absolute Gasteiger partial charge is 0.508 e. The molecule has 0 saturated carbocycles. The zero-order valence-electron chi connectivity index (χ0n) is 15.3. The van der Waals surface area contributed by atoms with E-state index in [2.05, 4.69) is 0 Å². The van der Waals surface area contributed by atoms with Crippen molar-refractivity contribution in [2.24, 2.45) is 0 Å². The van der Waals surface area contributed by atoms with E-state index in [1.54, 1.807) is 51.1 Å². The summed E-state index contributed by atoms with van der Waals surface area (Å²) in [4.78, 5) is 25.3. The van der Waals surface area contributed by atoms with Crippen molar-refractivity contribution in [2.45, 2.75) is 32.6 Å². The van der Waals surface area contributed by atoms with E-state index in [0.717, 1.165) is 0 Å². The lowest BCUT2D eigenvalue weighted by atomic mass is 9.78. The van der Waals surface area contributed by atoms with Crippen LogP contribution < -0.4 is 0 Å². The predicted molar refractivity (Wildman–Crippen MR) is 105 cm³/mol. The van der Waals surface area contributed by atoms with Crippen LogP contribution in [0, 0.1) is 6.92 Å². The highest BCUT2D eigenvalue weighted by Gasteiger charge is 2.39. The number of phenolic OH excluding ortho intramolecular Hbond substituents is 1. The van der Waals surface area contributed by atoms with Gasteiger partial charge in [-0.15, -0.1) is 0 Å². The number of aromatic nitrogens is 1. The Morgan fingerprint density at radius 1 is 1.19 bits per heavy atom. The van der Waals surface area contributed by atoms with Crippen molar-refractivity contribution in [3.63, 3.8) is 0 Å². The van der Waals surface area contributed by atoms with Gasteiger partial charge in [-0.25, -0.2) is 0 Å². The third-order valence-corrected chi connectivity index (χ3v) is 5.43. The number of rotatable bonds is 4. The highest BCUT2D eigenvalue weighted by atomic mass is 35.5. The lowest BCUT2D eigenvalue weighted by Crippen LogP contribution is -2.32. The highest BCUT2D eigenvalue weighted by molar-refractivity contribution is 6.31. The molecule has 0 aliphatic rings. The smallest absolute Gasteiger partial charge is 0.313 e. The van der Waals surface area contributed by atoms with Gasteiger partial charge in [0.15, 0.2) is 0 Å². The van der Waals surface area contributed by atoms with E-state index >= 15 is 0 Å². The van der Waals surface area contributed by atoms with Gasteiger partial charge in [-0.05, 0) is 62.2 Å². The minimum Gasteiger partial charge on any atom is -0.508 e. The van der Waals surface area contributed by atoms with E-state index in [9.17, 15) is 19.8 Å². The van der Waals surface area contributed by atoms with Gasteiger partial charge in [-0.2, -0.15) is 0 Å². The Morgan fingerprint density at radius 2 is 1.89 bits per heavy atom. The second kappa shape index (κ2) is 6.74. The van der Waals surface area contributed by atoms with E-state index in [4.69, 9.17) is 11.6 Å². The zero-order chi connectivity index (χ0) is 19.9. The van der Waals surface area contributed by atoms with E-state index in [1.165, 1.54) is 16.7 Å². The van der Waals surface area contributed by atoms with Gasteiger partial charge in [0, 0.05) is 21.7 Å². The molecule has 0 radical (unpaired) electrons. The van der Waals surface area contributed by atoms with Crippen LogP contribution in [0.3, 0.4) is 0 Å². The first-order chi connectivity index (χ1) is 12.7. The van der Waals surface area contributed by atoms with Crippen molar-refractivity contribution in [1.82, 2.24) is 4.57 Å². The topological polar surface area (TPSA) is 79.5 Å². The van der Waals surface area contributed by atoms with Crippen LogP contribution in [-0.4, -0.2) is 26.7 Å². The third-order valence-electron chi connectivity index (χ3n) is 5.19. The quantitative estimate of drug-likeness (QED) is 0.679. The SMILES string of the molecule is CC[C@@](C)(C(=O)O)c1c(C)n(C(=O)c2cccc(Cl)c2)c2ccc(O)cc12. The van der Waals surface area contributed by atoms with Gasteiger partial charge in [0.05, 0.1) is 10.9 Å². The standard InChI is InChI=1S/C21H20ClNO4/c1-4-21(3,20(26)27)18-12(2)23(17-9-8-15(24)11-16(17)18)19(25)13-6-5-7-14(22)10-13/h5-11,24H,4H2,1-3H3,(H,26,27)/t21-/m1/s1. The molecule has 0 aliphatic carbocycles. The Bertz CT molecular complexity index is 1070.